The molecule has 1 atom stereocenters. The van der Waals surface area contributed by atoms with Crippen LogP contribution in [0.3, 0.4) is 0 Å². The molecule has 0 aromatic heterocycles. The van der Waals surface area contributed by atoms with Gasteiger partial charge >= 0.3 is 5.97 Å². The summed E-state index contributed by atoms with van der Waals surface area (Å²) in [5.41, 5.74) is 2.52. The molecular formula is C24H26N2O5S2. The Morgan fingerprint density at radius 2 is 1.85 bits per heavy atom. The Kier molecular flexibility index (Phi) is 7.99. The summed E-state index contributed by atoms with van der Waals surface area (Å²) in [7, 11) is 1.47. The van der Waals surface area contributed by atoms with Crippen LogP contribution >= 0.6 is 24.0 Å². The number of carbonyl (C=O) groups is 2. The second-order valence-corrected chi connectivity index (χ2v) is 8.89. The first-order valence-electron chi connectivity index (χ1n) is 10.5. The molecule has 174 valence electrons. The number of hydrogen-bond acceptors (Lipinski definition) is 7. The first kappa shape index (κ1) is 24.6. The van der Waals surface area contributed by atoms with Gasteiger partial charge in [0, 0.05) is 18.8 Å². The number of benzene rings is 2. The first-order valence-corrected chi connectivity index (χ1v) is 11.7. The largest absolute Gasteiger partial charge is 0.493 e. The lowest BCUT2D eigenvalue weighted by atomic mass is 10.1. The molecule has 0 spiro atoms. The number of carbonyl (C=O) groups excluding carboxylic acids is 1. The summed E-state index contributed by atoms with van der Waals surface area (Å²) in [6, 6.07) is 12.8. The summed E-state index contributed by atoms with van der Waals surface area (Å²) in [6.45, 7) is 7.45. The van der Waals surface area contributed by atoms with Gasteiger partial charge in [-0.2, -0.15) is 0 Å². The molecule has 0 saturated carbocycles. The van der Waals surface area contributed by atoms with Gasteiger partial charge in [0.25, 0.3) is 5.91 Å². The topological polar surface area (TPSA) is 79.3 Å². The van der Waals surface area contributed by atoms with Crippen molar-refractivity contribution < 1.29 is 24.2 Å². The van der Waals surface area contributed by atoms with Gasteiger partial charge in [0.1, 0.15) is 0 Å². The fourth-order valence-electron chi connectivity index (χ4n) is 3.36. The van der Waals surface area contributed by atoms with Crippen LogP contribution in [-0.2, 0) is 9.59 Å². The van der Waals surface area contributed by atoms with Crippen LogP contribution < -0.4 is 19.3 Å². The number of anilines is 2. The van der Waals surface area contributed by atoms with E-state index < -0.39 is 12.1 Å². The van der Waals surface area contributed by atoms with E-state index in [-0.39, 0.29) is 5.91 Å². The van der Waals surface area contributed by atoms with Gasteiger partial charge in [0.15, 0.2) is 21.9 Å². The number of thioether (sulfide) groups is 1. The van der Waals surface area contributed by atoms with Gasteiger partial charge in [-0.25, -0.2) is 4.79 Å². The van der Waals surface area contributed by atoms with Gasteiger partial charge in [0.2, 0.25) is 0 Å². The zero-order chi connectivity index (χ0) is 24.1. The molecule has 1 heterocycles. The minimum atomic E-state index is -1.07. The van der Waals surface area contributed by atoms with Crippen molar-refractivity contribution in [2.75, 3.05) is 30.0 Å². The number of nitrogens with zero attached hydrogens (tertiary/aromatic N) is 2. The highest BCUT2D eigenvalue weighted by Gasteiger charge is 2.33. The fourth-order valence-corrected chi connectivity index (χ4v) is 4.65. The molecule has 1 aliphatic heterocycles. The maximum Gasteiger partial charge on any atom is 0.344 e. The van der Waals surface area contributed by atoms with Crippen LogP contribution in [-0.4, -0.2) is 47.6 Å². The normalized spacial score (nSPS) is 15.6. The van der Waals surface area contributed by atoms with E-state index in [2.05, 4.69) is 18.7 Å². The lowest BCUT2D eigenvalue weighted by Crippen LogP contribution is -2.27. The summed E-state index contributed by atoms with van der Waals surface area (Å²) in [5, 5.41) is 9.06. The summed E-state index contributed by atoms with van der Waals surface area (Å²) >= 11 is 6.71. The second-order valence-electron chi connectivity index (χ2n) is 7.21. The molecule has 0 aliphatic carbocycles. The van der Waals surface area contributed by atoms with Crippen molar-refractivity contribution in [1.82, 2.24) is 0 Å². The number of carboxylic acid groups (broad SMARTS) is 1. The number of thiocarbonyl (C=S) groups is 1. The van der Waals surface area contributed by atoms with E-state index in [0.29, 0.717) is 26.3 Å². The van der Waals surface area contributed by atoms with E-state index in [1.165, 1.54) is 30.7 Å². The predicted octanol–water partition coefficient (Wildman–Crippen LogP) is 4.80. The molecule has 0 radical (unpaired) electrons. The number of amides is 1. The molecule has 1 N–H and O–H groups in total. The molecule has 7 nitrogen and oxygen atoms in total. The third kappa shape index (κ3) is 5.48. The van der Waals surface area contributed by atoms with E-state index in [0.717, 1.165) is 24.5 Å². The van der Waals surface area contributed by atoms with Crippen LogP contribution in [0.5, 0.6) is 11.5 Å². The van der Waals surface area contributed by atoms with Gasteiger partial charge < -0.3 is 19.5 Å². The number of hydrogen-bond donors (Lipinski definition) is 1. The predicted molar refractivity (Wildman–Crippen MR) is 136 cm³/mol. The van der Waals surface area contributed by atoms with Crippen molar-refractivity contribution in [3.8, 4) is 11.5 Å². The lowest BCUT2D eigenvalue weighted by Gasteiger charge is -2.22. The van der Waals surface area contributed by atoms with Crippen LogP contribution in [0.25, 0.3) is 6.08 Å². The molecule has 2 aromatic rings. The third-order valence-electron chi connectivity index (χ3n) is 5.17. The highest BCUT2D eigenvalue weighted by atomic mass is 32.2. The minimum absolute atomic E-state index is 0.195. The molecule has 33 heavy (non-hydrogen) atoms. The molecule has 2 aromatic carbocycles. The highest BCUT2D eigenvalue weighted by Crippen LogP contribution is 2.37. The molecule has 0 bridgehead atoms. The van der Waals surface area contributed by atoms with Crippen LogP contribution in [0.2, 0.25) is 0 Å². The summed E-state index contributed by atoms with van der Waals surface area (Å²) < 4.78 is 11.2. The van der Waals surface area contributed by atoms with Crippen molar-refractivity contribution in [2.45, 2.75) is 26.9 Å². The first-order chi connectivity index (χ1) is 15.8. The number of carboxylic acids is 1. The van der Waals surface area contributed by atoms with Gasteiger partial charge in [-0.3, -0.25) is 9.69 Å². The van der Waals surface area contributed by atoms with E-state index in [9.17, 15) is 9.59 Å². The van der Waals surface area contributed by atoms with Crippen LogP contribution in [0.1, 0.15) is 26.3 Å². The Labute approximate surface area is 203 Å². The Hall–Kier alpha value is -3.04. The van der Waals surface area contributed by atoms with Crippen LogP contribution in [0.15, 0.2) is 47.4 Å². The van der Waals surface area contributed by atoms with E-state index in [1.807, 2.05) is 24.3 Å². The molecule has 3 rings (SSSR count). The van der Waals surface area contributed by atoms with Crippen molar-refractivity contribution in [3.05, 3.63) is 52.9 Å². The summed E-state index contributed by atoms with van der Waals surface area (Å²) in [5.74, 6) is -0.584. The molecule has 1 unspecified atom stereocenters. The number of rotatable bonds is 9. The molecule has 1 aliphatic rings. The van der Waals surface area contributed by atoms with Crippen molar-refractivity contribution in [3.63, 3.8) is 0 Å². The number of ether oxygens (including phenoxy) is 2. The molecule has 1 amide bonds. The zero-order valence-electron chi connectivity index (χ0n) is 18.9. The Morgan fingerprint density at radius 3 is 2.42 bits per heavy atom. The van der Waals surface area contributed by atoms with E-state index in [4.69, 9.17) is 26.8 Å². The monoisotopic (exact) mass is 486 g/mol. The Balaban J connectivity index is 1.82. The Morgan fingerprint density at radius 1 is 1.18 bits per heavy atom. The summed E-state index contributed by atoms with van der Waals surface area (Å²) in [6.07, 6.45) is 0.713. The standard InChI is InChI=1S/C24H26N2O5S2/c1-5-25(6-2)17-8-10-18(11-9-17)26-22(27)21(33-24(26)32)14-16-7-12-19(20(13-16)30-4)31-15(3)23(28)29/h7-15H,5-6H2,1-4H3,(H,28,29)/b21-14+. The number of methoxy groups -OCH3 is 1. The highest BCUT2D eigenvalue weighted by molar-refractivity contribution is 8.27. The Bertz CT molecular complexity index is 1080. The molecule has 1 saturated heterocycles. The minimum Gasteiger partial charge on any atom is -0.493 e. The van der Waals surface area contributed by atoms with E-state index >= 15 is 0 Å². The molecular weight excluding hydrogens is 460 g/mol. The quantitative estimate of drug-likeness (QED) is 0.400. The fraction of sp³-hybridized carbons (Fsp3) is 0.292. The smallest absolute Gasteiger partial charge is 0.344 e. The lowest BCUT2D eigenvalue weighted by molar-refractivity contribution is -0.144. The second kappa shape index (κ2) is 10.7. The SMILES string of the molecule is CCN(CC)c1ccc(N2C(=O)/C(=C\c3ccc(OC(C)C(=O)O)c(OC)c3)SC2=S)cc1. The number of aliphatic carboxylic acids is 1. The van der Waals surface area contributed by atoms with Crippen LogP contribution in [0.4, 0.5) is 11.4 Å². The van der Waals surface area contributed by atoms with Crippen molar-refractivity contribution in [1.29, 1.82) is 0 Å². The maximum atomic E-state index is 13.1. The summed E-state index contributed by atoms with van der Waals surface area (Å²) in [4.78, 5) is 28.4. The van der Waals surface area contributed by atoms with Gasteiger partial charge in [0.05, 0.1) is 17.7 Å². The van der Waals surface area contributed by atoms with Crippen molar-refractivity contribution >= 4 is 57.6 Å². The van der Waals surface area contributed by atoms with Crippen molar-refractivity contribution in [2.24, 2.45) is 0 Å². The third-order valence-corrected chi connectivity index (χ3v) is 6.47. The average Bonchev–Trinajstić information content (AvgIpc) is 3.08. The molecule has 1 fully saturated rings. The van der Waals surface area contributed by atoms with Gasteiger partial charge in [-0.1, -0.05) is 30.0 Å². The van der Waals surface area contributed by atoms with Gasteiger partial charge in [-0.15, -0.1) is 0 Å². The van der Waals surface area contributed by atoms with Gasteiger partial charge in [-0.05, 0) is 68.8 Å². The maximum absolute atomic E-state index is 13.1. The zero-order valence-corrected chi connectivity index (χ0v) is 20.5. The van der Waals surface area contributed by atoms with Crippen LogP contribution in [0, 0.1) is 0 Å². The molecule has 9 heteroatoms. The van der Waals surface area contributed by atoms with E-state index in [1.54, 1.807) is 24.3 Å². The average molecular weight is 487 g/mol.